The van der Waals surface area contributed by atoms with Crippen molar-refractivity contribution in [1.82, 2.24) is 4.98 Å². The van der Waals surface area contributed by atoms with E-state index in [4.69, 9.17) is 4.74 Å². The molecular formula is C18H21NO. The van der Waals surface area contributed by atoms with Gasteiger partial charge in [-0.3, -0.25) is 0 Å². The van der Waals surface area contributed by atoms with Gasteiger partial charge in [-0.05, 0) is 30.0 Å². The van der Waals surface area contributed by atoms with Gasteiger partial charge >= 0.3 is 0 Å². The van der Waals surface area contributed by atoms with E-state index < -0.39 is 0 Å². The first-order chi connectivity index (χ1) is 9.54. The van der Waals surface area contributed by atoms with Crippen LogP contribution in [0.25, 0.3) is 0 Å². The van der Waals surface area contributed by atoms with Gasteiger partial charge in [0.1, 0.15) is 6.10 Å². The minimum atomic E-state index is 0.0486. The minimum absolute atomic E-state index is 0.0486. The van der Waals surface area contributed by atoms with Crippen LogP contribution in [0.5, 0.6) is 5.88 Å². The van der Waals surface area contributed by atoms with Gasteiger partial charge in [-0.2, -0.15) is 0 Å². The van der Waals surface area contributed by atoms with E-state index in [1.165, 1.54) is 11.1 Å². The Kier molecular flexibility index (Phi) is 3.25. The monoisotopic (exact) mass is 267 g/mol. The van der Waals surface area contributed by atoms with Gasteiger partial charge in [0.25, 0.3) is 0 Å². The molecule has 1 atom stereocenters. The zero-order valence-corrected chi connectivity index (χ0v) is 12.4. The molecule has 104 valence electrons. The highest BCUT2D eigenvalue weighted by molar-refractivity contribution is 5.34. The Morgan fingerprint density at radius 3 is 2.65 bits per heavy atom. The summed E-state index contributed by atoms with van der Waals surface area (Å²) in [5.41, 5.74) is 3.84. The van der Waals surface area contributed by atoms with E-state index in [1.807, 2.05) is 12.1 Å². The summed E-state index contributed by atoms with van der Waals surface area (Å²) in [6, 6.07) is 14.6. The van der Waals surface area contributed by atoms with Crippen LogP contribution in [0.3, 0.4) is 0 Å². The van der Waals surface area contributed by atoms with Gasteiger partial charge < -0.3 is 4.74 Å². The number of aromatic nitrogens is 1. The lowest BCUT2D eigenvalue weighted by Crippen LogP contribution is -2.14. The zero-order chi connectivity index (χ0) is 14.2. The van der Waals surface area contributed by atoms with E-state index in [-0.39, 0.29) is 11.5 Å². The molecule has 1 heterocycles. The second-order valence-electron chi connectivity index (χ2n) is 6.46. The standard InChI is InChI=1S/C18H21NO/c1-18(2,3)16-9-6-10-17(19-16)20-15-12-11-13-7-4-5-8-14(13)15/h4-10,15H,11-12H2,1-3H3. The van der Waals surface area contributed by atoms with Crippen molar-refractivity contribution in [3.8, 4) is 5.88 Å². The van der Waals surface area contributed by atoms with Crippen LogP contribution in [-0.4, -0.2) is 4.98 Å². The predicted molar refractivity (Wildman–Crippen MR) is 81.1 cm³/mol. The van der Waals surface area contributed by atoms with Crippen LogP contribution in [-0.2, 0) is 11.8 Å². The van der Waals surface area contributed by atoms with Gasteiger partial charge in [0.2, 0.25) is 5.88 Å². The van der Waals surface area contributed by atoms with Crippen molar-refractivity contribution in [1.29, 1.82) is 0 Å². The Morgan fingerprint density at radius 1 is 1.05 bits per heavy atom. The Morgan fingerprint density at radius 2 is 1.85 bits per heavy atom. The molecular weight excluding hydrogens is 246 g/mol. The van der Waals surface area contributed by atoms with Crippen molar-refractivity contribution in [3.63, 3.8) is 0 Å². The van der Waals surface area contributed by atoms with Crippen LogP contribution in [0.1, 0.15) is 50.1 Å². The van der Waals surface area contributed by atoms with Gasteiger partial charge in [-0.1, -0.05) is 51.1 Å². The summed E-state index contributed by atoms with van der Waals surface area (Å²) in [4.78, 5) is 4.66. The van der Waals surface area contributed by atoms with Gasteiger partial charge in [-0.25, -0.2) is 4.98 Å². The molecule has 0 saturated carbocycles. The number of rotatable bonds is 2. The van der Waals surface area contributed by atoms with Crippen molar-refractivity contribution in [2.75, 3.05) is 0 Å². The summed E-state index contributed by atoms with van der Waals surface area (Å²) >= 11 is 0. The van der Waals surface area contributed by atoms with Gasteiger partial charge in [0.05, 0.1) is 0 Å². The average molecular weight is 267 g/mol. The van der Waals surface area contributed by atoms with Crippen molar-refractivity contribution >= 4 is 0 Å². The third-order valence-corrected chi connectivity index (χ3v) is 3.83. The number of nitrogens with zero attached hydrogens (tertiary/aromatic N) is 1. The maximum atomic E-state index is 6.13. The van der Waals surface area contributed by atoms with Crippen LogP contribution in [0.4, 0.5) is 0 Å². The molecule has 20 heavy (non-hydrogen) atoms. The van der Waals surface area contributed by atoms with Gasteiger partial charge in [0, 0.05) is 17.2 Å². The lowest BCUT2D eigenvalue weighted by Gasteiger charge is -2.20. The Balaban J connectivity index is 1.83. The fraction of sp³-hybridized carbons (Fsp3) is 0.389. The molecule has 1 aliphatic rings. The number of fused-ring (bicyclic) bond motifs is 1. The Labute approximate surface area is 120 Å². The number of ether oxygens (including phenoxy) is 1. The Bertz CT molecular complexity index is 613. The summed E-state index contributed by atoms with van der Waals surface area (Å²) in [5, 5.41) is 0. The van der Waals surface area contributed by atoms with Crippen LogP contribution in [0.15, 0.2) is 42.5 Å². The molecule has 1 aromatic heterocycles. The molecule has 2 nitrogen and oxygen atoms in total. The fourth-order valence-corrected chi connectivity index (χ4v) is 2.68. The third-order valence-electron chi connectivity index (χ3n) is 3.83. The average Bonchev–Trinajstić information content (AvgIpc) is 2.82. The lowest BCUT2D eigenvalue weighted by molar-refractivity contribution is 0.197. The SMILES string of the molecule is CC(C)(C)c1cccc(OC2CCc3ccccc32)n1. The maximum absolute atomic E-state index is 6.13. The molecule has 2 heteroatoms. The highest BCUT2D eigenvalue weighted by Gasteiger charge is 2.24. The van der Waals surface area contributed by atoms with Crippen molar-refractivity contribution in [2.45, 2.75) is 45.1 Å². The maximum Gasteiger partial charge on any atom is 0.214 e. The first-order valence-corrected chi connectivity index (χ1v) is 7.26. The highest BCUT2D eigenvalue weighted by atomic mass is 16.5. The number of hydrogen-bond acceptors (Lipinski definition) is 2. The summed E-state index contributed by atoms with van der Waals surface area (Å²) in [5.74, 6) is 0.735. The lowest BCUT2D eigenvalue weighted by atomic mass is 9.92. The second-order valence-corrected chi connectivity index (χ2v) is 6.46. The van der Waals surface area contributed by atoms with Crippen LogP contribution in [0, 0.1) is 0 Å². The number of aryl methyl sites for hydroxylation is 1. The predicted octanol–water partition coefficient (Wildman–Crippen LogP) is 4.45. The van der Waals surface area contributed by atoms with Crippen LogP contribution < -0.4 is 4.74 Å². The molecule has 2 aromatic rings. The summed E-state index contributed by atoms with van der Waals surface area (Å²) < 4.78 is 6.13. The zero-order valence-electron chi connectivity index (χ0n) is 12.4. The van der Waals surface area contributed by atoms with Crippen LogP contribution in [0.2, 0.25) is 0 Å². The van der Waals surface area contributed by atoms with Crippen molar-refractivity contribution in [2.24, 2.45) is 0 Å². The van der Waals surface area contributed by atoms with E-state index >= 15 is 0 Å². The number of pyridine rings is 1. The van der Waals surface area contributed by atoms with E-state index in [0.29, 0.717) is 0 Å². The number of benzene rings is 1. The number of hydrogen-bond donors (Lipinski definition) is 0. The smallest absolute Gasteiger partial charge is 0.214 e. The highest BCUT2D eigenvalue weighted by Crippen LogP contribution is 2.34. The van der Waals surface area contributed by atoms with Crippen molar-refractivity contribution in [3.05, 3.63) is 59.3 Å². The van der Waals surface area contributed by atoms with Crippen molar-refractivity contribution < 1.29 is 4.74 Å². The van der Waals surface area contributed by atoms with E-state index in [0.717, 1.165) is 24.4 Å². The largest absolute Gasteiger partial charge is 0.469 e. The molecule has 0 radical (unpaired) electrons. The van der Waals surface area contributed by atoms with Gasteiger partial charge in [0.15, 0.2) is 0 Å². The molecule has 0 bridgehead atoms. The molecule has 0 fully saturated rings. The van der Waals surface area contributed by atoms with E-state index in [9.17, 15) is 0 Å². The first-order valence-electron chi connectivity index (χ1n) is 7.26. The minimum Gasteiger partial charge on any atom is -0.469 e. The fourth-order valence-electron chi connectivity index (χ4n) is 2.68. The topological polar surface area (TPSA) is 22.1 Å². The molecule has 1 unspecified atom stereocenters. The molecule has 0 amide bonds. The van der Waals surface area contributed by atoms with E-state index in [2.05, 4.69) is 56.1 Å². The molecule has 1 aliphatic carbocycles. The molecule has 0 N–H and O–H groups in total. The molecule has 0 spiro atoms. The first kappa shape index (κ1) is 13.2. The third kappa shape index (κ3) is 2.55. The second kappa shape index (κ2) is 4.93. The van der Waals surface area contributed by atoms with E-state index in [1.54, 1.807) is 0 Å². The Hall–Kier alpha value is -1.83. The van der Waals surface area contributed by atoms with Gasteiger partial charge in [-0.15, -0.1) is 0 Å². The molecule has 3 rings (SSSR count). The summed E-state index contributed by atoms with van der Waals surface area (Å²) in [6.07, 6.45) is 2.29. The normalized spacial score (nSPS) is 17.9. The summed E-state index contributed by atoms with van der Waals surface area (Å²) in [7, 11) is 0. The quantitative estimate of drug-likeness (QED) is 0.802. The molecule has 1 aromatic carbocycles. The summed E-state index contributed by atoms with van der Waals surface area (Å²) in [6.45, 7) is 6.51. The molecule has 0 aliphatic heterocycles. The van der Waals surface area contributed by atoms with Crippen LogP contribution >= 0.6 is 0 Å². The molecule has 0 saturated heterocycles.